The summed E-state index contributed by atoms with van der Waals surface area (Å²) in [6.07, 6.45) is 2.31. The third-order valence-electron chi connectivity index (χ3n) is 5.00. The van der Waals surface area contributed by atoms with Gasteiger partial charge in [0.25, 0.3) is 5.95 Å². The number of piperidine rings is 1. The van der Waals surface area contributed by atoms with Gasteiger partial charge in [0.1, 0.15) is 5.82 Å². The van der Waals surface area contributed by atoms with Crippen molar-refractivity contribution in [2.45, 2.75) is 32.7 Å². The van der Waals surface area contributed by atoms with Crippen LogP contribution in [0, 0.1) is 6.92 Å². The first-order valence-corrected chi connectivity index (χ1v) is 10.5. The number of nitrogens with two attached hydrogens (primary N) is 1. The lowest BCUT2D eigenvalue weighted by atomic mass is 10.1. The van der Waals surface area contributed by atoms with E-state index in [1.165, 1.54) is 6.42 Å². The molecule has 2 aromatic rings. The number of guanidine groups is 1. The first-order valence-electron chi connectivity index (χ1n) is 9.73. The van der Waals surface area contributed by atoms with Crippen LogP contribution in [0.3, 0.4) is 0 Å². The summed E-state index contributed by atoms with van der Waals surface area (Å²) in [6, 6.07) is 7.58. The molecule has 1 saturated heterocycles. The summed E-state index contributed by atoms with van der Waals surface area (Å²) in [5, 5.41) is 4.47. The molecular formula is C20H27Cl2N7. The molecule has 3 N–H and O–H groups in total. The largest absolute Gasteiger partial charge is 0.369 e. The summed E-state index contributed by atoms with van der Waals surface area (Å²) in [6.45, 7) is 7.35. The second kappa shape index (κ2) is 9.61. The number of halogens is 2. The van der Waals surface area contributed by atoms with Crippen LogP contribution in [0.15, 0.2) is 29.3 Å². The average Bonchev–Trinajstić information content (AvgIpc) is 2.69. The van der Waals surface area contributed by atoms with Crippen LogP contribution in [-0.4, -0.2) is 53.6 Å². The second-order valence-electron chi connectivity index (χ2n) is 7.20. The van der Waals surface area contributed by atoms with Gasteiger partial charge < -0.3 is 20.9 Å². The molecule has 1 atom stereocenters. The Kier molecular flexibility index (Phi) is 7.16. The molecule has 1 aromatic heterocycles. The fourth-order valence-electron chi connectivity index (χ4n) is 3.35. The Bertz CT molecular complexity index is 887. The Balaban J connectivity index is 1.76. The van der Waals surface area contributed by atoms with Gasteiger partial charge in [0, 0.05) is 37.1 Å². The van der Waals surface area contributed by atoms with Gasteiger partial charge in [-0.05, 0) is 51.1 Å². The quantitative estimate of drug-likeness (QED) is 0.543. The van der Waals surface area contributed by atoms with E-state index < -0.39 is 0 Å². The highest BCUT2D eigenvalue weighted by Gasteiger charge is 2.19. The zero-order chi connectivity index (χ0) is 21.0. The minimum Gasteiger partial charge on any atom is -0.369 e. The Morgan fingerprint density at radius 1 is 1.31 bits per heavy atom. The Morgan fingerprint density at radius 2 is 2.10 bits per heavy atom. The summed E-state index contributed by atoms with van der Waals surface area (Å²) in [5.74, 6) is 1.35. The Labute approximate surface area is 181 Å². The van der Waals surface area contributed by atoms with E-state index in [-0.39, 0.29) is 5.96 Å². The Morgan fingerprint density at radius 3 is 2.83 bits per heavy atom. The number of nitrogens with one attached hydrogen (secondary N) is 1. The van der Waals surface area contributed by atoms with Gasteiger partial charge in [-0.1, -0.05) is 30.1 Å². The van der Waals surface area contributed by atoms with Gasteiger partial charge in [0.15, 0.2) is 0 Å². The highest BCUT2D eigenvalue weighted by molar-refractivity contribution is 6.42. The molecule has 156 valence electrons. The number of likely N-dealkylation sites (tertiary alicyclic amines) is 1. The fourth-order valence-corrected chi connectivity index (χ4v) is 3.64. The molecule has 0 unspecified atom stereocenters. The van der Waals surface area contributed by atoms with E-state index in [4.69, 9.17) is 28.9 Å². The van der Waals surface area contributed by atoms with Crippen molar-refractivity contribution in [3.63, 3.8) is 0 Å². The molecule has 0 amide bonds. The van der Waals surface area contributed by atoms with Crippen LogP contribution in [0.1, 0.15) is 25.5 Å². The molecule has 0 radical (unpaired) electrons. The number of likely N-dealkylation sites (N-methyl/N-ethyl adjacent to an activating group) is 1. The maximum atomic E-state index is 6.18. The fraction of sp³-hybridized carbons (Fsp3) is 0.450. The molecule has 1 aliphatic rings. The monoisotopic (exact) mass is 435 g/mol. The van der Waals surface area contributed by atoms with Crippen molar-refractivity contribution in [3.8, 4) is 0 Å². The van der Waals surface area contributed by atoms with Gasteiger partial charge in [0.05, 0.1) is 10.0 Å². The predicted octanol–water partition coefficient (Wildman–Crippen LogP) is 4.07. The SMILES string of the molecule is CCN1CCC[C@@H](Nc2cc(C)nc(N=C(N)N(C)c3ccc(Cl)c(Cl)c3)n2)C1. The lowest BCUT2D eigenvalue weighted by molar-refractivity contribution is 0.226. The predicted molar refractivity (Wildman–Crippen MR) is 122 cm³/mol. The average molecular weight is 436 g/mol. The summed E-state index contributed by atoms with van der Waals surface area (Å²) >= 11 is 12.1. The molecule has 0 bridgehead atoms. The number of rotatable bonds is 5. The maximum absolute atomic E-state index is 6.18. The molecule has 0 spiro atoms. The zero-order valence-corrected chi connectivity index (χ0v) is 18.5. The molecule has 0 saturated carbocycles. The van der Waals surface area contributed by atoms with E-state index in [0.717, 1.165) is 43.3 Å². The molecule has 0 aliphatic carbocycles. The van der Waals surface area contributed by atoms with Crippen molar-refractivity contribution in [2.75, 3.05) is 36.9 Å². The van der Waals surface area contributed by atoms with Gasteiger partial charge in [-0.2, -0.15) is 9.98 Å². The minimum atomic E-state index is 0.259. The molecular weight excluding hydrogens is 409 g/mol. The molecule has 2 heterocycles. The van der Waals surface area contributed by atoms with Gasteiger partial charge in [-0.3, -0.25) is 0 Å². The normalized spacial score (nSPS) is 18.0. The molecule has 9 heteroatoms. The van der Waals surface area contributed by atoms with Crippen molar-refractivity contribution in [2.24, 2.45) is 10.7 Å². The highest BCUT2D eigenvalue weighted by Crippen LogP contribution is 2.27. The van der Waals surface area contributed by atoms with Gasteiger partial charge in [-0.25, -0.2) is 4.98 Å². The standard InChI is InChI=1S/C20H27Cl2N7/c1-4-29-9-5-6-14(12-29)25-18-10-13(2)24-20(26-18)27-19(23)28(3)15-7-8-16(21)17(22)11-15/h7-8,10-11,14H,4-6,9,12H2,1-3H3,(H3,23,24,25,26,27)/t14-/m1/s1. The van der Waals surface area contributed by atoms with Crippen LogP contribution in [0.5, 0.6) is 0 Å². The van der Waals surface area contributed by atoms with Crippen molar-refractivity contribution < 1.29 is 0 Å². The van der Waals surface area contributed by atoms with Crippen LogP contribution in [0.25, 0.3) is 0 Å². The summed E-state index contributed by atoms with van der Waals surface area (Å²) in [7, 11) is 1.80. The number of anilines is 2. The van der Waals surface area contributed by atoms with Crippen LogP contribution < -0.4 is 16.0 Å². The molecule has 3 rings (SSSR count). The van der Waals surface area contributed by atoms with E-state index >= 15 is 0 Å². The van der Waals surface area contributed by atoms with Gasteiger partial charge in [-0.15, -0.1) is 0 Å². The number of aliphatic imine (C=N–C) groups is 1. The van der Waals surface area contributed by atoms with Crippen molar-refractivity contribution in [3.05, 3.63) is 40.0 Å². The summed E-state index contributed by atoms with van der Waals surface area (Å²) in [5.41, 5.74) is 7.78. The van der Waals surface area contributed by atoms with E-state index in [9.17, 15) is 0 Å². The molecule has 1 aliphatic heterocycles. The maximum Gasteiger partial charge on any atom is 0.254 e. The number of hydrogen-bond donors (Lipinski definition) is 2. The third kappa shape index (κ3) is 5.72. The topological polar surface area (TPSA) is 82.7 Å². The van der Waals surface area contributed by atoms with Crippen molar-refractivity contribution >= 4 is 46.6 Å². The smallest absolute Gasteiger partial charge is 0.254 e. The molecule has 29 heavy (non-hydrogen) atoms. The number of hydrogen-bond acceptors (Lipinski definition) is 5. The summed E-state index contributed by atoms with van der Waals surface area (Å²) in [4.78, 5) is 17.5. The van der Waals surface area contributed by atoms with E-state index in [2.05, 4.69) is 32.1 Å². The highest BCUT2D eigenvalue weighted by atomic mass is 35.5. The first-order chi connectivity index (χ1) is 13.9. The number of aryl methyl sites for hydroxylation is 1. The summed E-state index contributed by atoms with van der Waals surface area (Å²) < 4.78 is 0. The zero-order valence-electron chi connectivity index (χ0n) is 17.0. The second-order valence-corrected chi connectivity index (χ2v) is 8.01. The lowest BCUT2D eigenvalue weighted by Crippen LogP contribution is -2.42. The van der Waals surface area contributed by atoms with Crippen molar-refractivity contribution in [1.82, 2.24) is 14.9 Å². The molecule has 7 nitrogen and oxygen atoms in total. The van der Waals surface area contributed by atoms with E-state index in [1.54, 1.807) is 24.1 Å². The van der Waals surface area contributed by atoms with Gasteiger partial charge >= 0.3 is 0 Å². The third-order valence-corrected chi connectivity index (χ3v) is 5.73. The first kappa shape index (κ1) is 21.6. The number of benzene rings is 1. The Hall–Kier alpha value is -2.09. The van der Waals surface area contributed by atoms with E-state index in [0.29, 0.717) is 22.0 Å². The number of aromatic nitrogens is 2. The molecule has 1 aromatic carbocycles. The minimum absolute atomic E-state index is 0.259. The molecule has 1 fully saturated rings. The van der Waals surface area contributed by atoms with Crippen molar-refractivity contribution in [1.29, 1.82) is 0 Å². The van der Waals surface area contributed by atoms with Gasteiger partial charge in [0.2, 0.25) is 5.96 Å². The van der Waals surface area contributed by atoms with E-state index in [1.807, 2.05) is 19.1 Å². The van der Waals surface area contributed by atoms with Crippen LogP contribution >= 0.6 is 23.2 Å². The number of nitrogens with zero attached hydrogens (tertiary/aromatic N) is 5. The van der Waals surface area contributed by atoms with Crippen LogP contribution in [0.2, 0.25) is 10.0 Å². The lowest BCUT2D eigenvalue weighted by Gasteiger charge is -2.32. The van der Waals surface area contributed by atoms with Crippen LogP contribution in [0.4, 0.5) is 17.5 Å². The van der Waals surface area contributed by atoms with Crippen LogP contribution in [-0.2, 0) is 0 Å².